The van der Waals surface area contributed by atoms with E-state index in [2.05, 4.69) is 15.5 Å². The first-order chi connectivity index (χ1) is 18.3. The Morgan fingerprint density at radius 3 is 2.76 bits per heavy atom. The van der Waals surface area contributed by atoms with Crippen molar-refractivity contribution in [3.8, 4) is 5.88 Å². The van der Waals surface area contributed by atoms with Crippen molar-refractivity contribution < 1.29 is 19.0 Å². The summed E-state index contributed by atoms with van der Waals surface area (Å²) in [5.74, 6) is 1.27. The number of allylic oxidation sites excluding steroid dienone is 1. The van der Waals surface area contributed by atoms with Gasteiger partial charge in [-0.15, -0.1) is 0 Å². The van der Waals surface area contributed by atoms with Gasteiger partial charge in [-0.05, 0) is 69.5 Å². The van der Waals surface area contributed by atoms with E-state index in [0.717, 1.165) is 61.6 Å². The number of esters is 1. The summed E-state index contributed by atoms with van der Waals surface area (Å²) in [6.07, 6.45) is 8.39. The van der Waals surface area contributed by atoms with E-state index in [1.54, 1.807) is 6.07 Å². The summed E-state index contributed by atoms with van der Waals surface area (Å²) in [4.78, 5) is 24.3. The molecule has 2 aromatic heterocycles. The molecule has 8 heteroatoms. The van der Waals surface area contributed by atoms with Crippen molar-refractivity contribution in [1.29, 1.82) is 0 Å². The molecule has 0 N–H and O–H groups in total. The minimum Gasteiger partial charge on any atom is -0.467 e. The van der Waals surface area contributed by atoms with Crippen molar-refractivity contribution in [3.05, 3.63) is 71.7 Å². The maximum absolute atomic E-state index is 12.1. The number of hydrogen-bond acceptors (Lipinski definition) is 7. The SMILES string of the molecule is C/C=C\C(C)(C)Oc1cccc(C2=CCN(Cc3nc4ccc(C(=O)OC)cc4n3C[C@@H]3CCO3)CC2)n1. The van der Waals surface area contributed by atoms with Gasteiger partial charge < -0.3 is 18.8 Å². The Labute approximate surface area is 223 Å². The number of aromatic nitrogens is 3. The second-order valence-electron chi connectivity index (χ2n) is 10.4. The topological polar surface area (TPSA) is 78.7 Å². The molecule has 1 atom stereocenters. The zero-order valence-corrected chi connectivity index (χ0v) is 22.6. The van der Waals surface area contributed by atoms with E-state index in [0.29, 0.717) is 18.0 Å². The third-order valence-electron chi connectivity index (χ3n) is 7.07. The Morgan fingerprint density at radius 1 is 1.24 bits per heavy atom. The number of imidazole rings is 1. The fourth-order valence-electron chi connectivity index (χ4n) is 5.02. The molecule has 0 bridgehead atoms. The van der Waals surface area contributed by atoms with E-state index in [1.807, 2.05) is 63.3 Å². The second kappa shape index (κ2) is 11.1. The first-order valence-corrected chi connectivity index (χ1v) is 13.3. The van der Waals surface area contributed by atoms with E-state index >= 15 is 0 Å². The van der Waals surface area contributed by atoms with Crippen LogP contribution in [-0.4, -0.2) is 63.9 Å². The number of carbonyl (C=O) groups is 1. The molecule has 0 unspecified atom stereocenters. The summed E-state index contributed by atoms with van der Waals surface area (Å²) in [5, 5.41) is 0. The Bertz CT molecular complexity index is 1370. The summed E-state index contributed by atoms with van der Waals surface area (Å²) in [7, 11) is 1.40. The molecule has 0 radical (unpaired) electrons. The van der Waals surface area contributed by atoms with Gasteiger partial charge in [-0.25, -0.2) is 14.8 Å². The van der Waals surface area contributed by atoms with Crippen LogP contribution in [0.25, 0.3) is 16.6 Å². The van der Waals surface area contributed by atoms with Crippen LogP contribution >= 0.6 is 0 Å². The van der Waals surface area contributed by atoms with Crippen LogP contribution in [0, 0.1) is 0 Å². The highest BCUT2D eigenvalue weighted by atomic mass is 16.5. The van der Waals surface area contributed by atoms with Crippen molar-refractivity contribution in [2.24, 2.45) is 0 Å². The quantitative estimate of drug-likeness (QED) is 0.292. The zero-order chi connectivity index (χ0) is 26.7. The normalized spacial score (nSPS) is 18.4. The third kappa shape index (κ3) is 5.81. The first kappa shape index (κ1) is 26.1. The Balaban J connectivity index is 1.33. The van der Waals surface area contributed by atoms with E-state index < -0.39 is 5.60 Å². The molecule has 0 aliphatic carbocycles. The summed E-state index contributed by atoms with van der Waals surface area (Å²) in [6, 6.07) is 11.5. The lowest BCUT2D eigenvalue weighted by Crippen LogP contribution is -2.33. The van der Waals surface area contributed by atoms with Gasteiger partial charge in [-0.1, -0.05) is 18.2 Å². The maximum Gasteiger partial charge on any atom is 0.337 e. The molecule has 8 nitrogen and oxygen atoms in total. The molecule has 0 spiro atoms. The fourth-order valence-corrected chi connectivity index (χ4v) is 5.02. The predicted octanol–water partition coefficient (Wildman–Crippen LogP) is 5.03. The number of methoxy groups -OCH3 is 1. The molecule has 5 rings (SSSR count). The average Bonchev–Trinajstić information content (AvgIpc) is 3.21. The van der Waals surface area contributed by atoms with Gasteiger partial charge in [0.05, 0.1) is 48.6 Å². The lowest BCUT2D eigenvalue weighted by atomic mass is 10.0. The minimum absolute atomic E-state index is 0.180. The number of pyridine rings is 1. The van der Waals surface area contributed by atoms with Crippen molar-refractivity contribution in [2.75, 3.05) is 26.8 Å². The zero-order valence-electron chi connectivity index (χ0n) is 22.6. The first-order valence-electron chi connectivity index (χ1n) is 13.3. The Morgan fingerprint density at radius 2 is 2.08 bits per heavy atom. The van der Waals surface area contributed by atoms with Crippen LogP contribution in [0.3, 0.4) is 0 Å². The maximum atomic E-state index is 12.1. The van der Waals surface area contributed by atoms with Gasteiger partial charge in [0.15, 0.2) is 0 Å². The summed E-state index contributed by atoms with van der Waals surface area (Å²) in [5.41, 5.74) is 4.13. The molecule has 3 aromatic rings. The standard InChI is InChI=1S/C30H36N4O4/c1-5-14-30(2,3)38-28-8-6-7-24(32-28)21-11-15-33(16-12-21)20-27-31-25-10-9-22(29(35)36-4)18-26(25)34(27)19-23-13-17-37-23/h5-11,14,18,23H,12-13,15-17,19-20H2,1-4H3/b14-5-/t23-/m0/s1. The lowest BCUT2D eigenvalue weighted by Gasteiger charge is -2.29. The van der Waals surface area contributed by atoms with Crippen molar-refractivity contribution >= 4 is 22.6 Å². The number of nitrogens with zero attached hydrogens (tertiary/aromatic N) is 4. The number of ether oxygens (including phenoxy) is 3. The van der Waals surface area contributed by atoms with Gasteiger partial charge >= 0.3 is 5.97 Å². The molecule has 2 aliphatic heterocycles. The van der Waals surface area contributed by atoms with Crippen molar-refractivity contribution in [1.82, 2.24) is 19.4 Å². The molecule has 1 fully saturated rings. The van der Waals surface area contributed by atoms with E-state index in [-0.39, 0.29) is 12.1 Å². The Hall–Kier alpha value is -3.49. The number of fused-ring (bicyclic) bond motifs is 1. The molecule has 2 aliphatic rings. The number of rotatable bonds is 9. The summed E-state index contributed by atoms with van der Waals surface area (Å²) in [6.45, 7) is 10.00. The molecule has 200 valence electrons. The monoisotopic (exact) mass is 516 g/mol. The third-order valence-corrected chi connectivity index (χ3v) is 7.07. The smallest absolute Gasteiger partial charge is 0.337 e. The van der Waals surface area contributed by atoms with Crippen LogP contribution in [0.5, 0.6) is 5.88 Å². The highest BCUT2D eigenvalue weighted by Gasteiger charge is 2.24. The van der Waals surface area contributed by atoms with Gasteiger partial charge in [0.2, 0.25) is 5.88 Å². The number of benzene rings is 1. The van der Waals surface area contributed by atoms with Crippen LogP contribution in [0.15, 0.2) is 54.6 Å². The largest absolute Gasteiger partial charge is 0.467 e. The van der Waals surface area contributed by atoms with E-state index in [9.17, 15) is 4.79 Å². The molecular formula is C30H36N4O4. The van der Waals surface area contributed by atoms with Gasteiger partial charge in [0, 0.05) is 25.8 Å². The highest BCUT2D eigenvalue weighted by Crippen LogP contribution is 2.27. The average molecular weight is 517 g/mol. The van der Waals surface area contributed by atoms with Crippen molar-refractivity contribution in [3.63, 3.8) is 0 Å². The predicted molar refractivity (Wildman–Crippen MR) is 147 cm³/mol. The second-order valence-corrected chi connectivity index (χ2v) is 10.4. The van der Waals surface area contributed by atoms with Crippen LogP contribution in [0.2, 0.25) is 0 Å². The van der Waals surface area contributed by atoms with Crippen LogP contribution in [-0.2, 0) is 22.6 Å². The van der Waals surface area contributed by atoms with Gasteiger partial charge in [-0.2, -0.15) is 0 Å². The Kier molecular flexibility index (Phi) is 7.63. The van der Waals surface area contributed by atoms with Gasteiger partial charge in [-0.3, -0.25) is 4.90 Å². The van der Waals surface area contributed by atoms with Crippen molar-refractivity contribution in [2.45, 2.75) is 58.4 Å². The molecule has 0 saturated carbocycles. The van der Waals surface area contributed by atoms with Crippen LogP contribution < -0.4 is 4.74 Å². The molecule has 0 amide bonds. The van der Waals surface area contributed by atoms with E-state index in [1.165, 1.54) is 12.7 Å². The summed E-state index contributed by atoms with van der Waals surface area (Å²) >= 11 is 0. The molecule has 1 saturated heterocycles. The van der Waals surface area contributed by atoms with Crippen LogP contribution in [0.4, 0.5) is 0 Å². The number of carbonyl (C=O) groups excluding carboxylic acids is 1. The van der Waals surface area contributed by atoms with Crippen LogP contribution in [0.1, 0.15) is 55.5 Å². The highest BCUT2D eigenvalue weighted by molar-refractivity contribution is 5.93. The molecule has 4 heterocycles. The van der Waals surface area contributed by atoms with Gasteiger partial charge in [0.25, 0.3) is 0 Å². The van der Waals surface area contributed by atoms with Gasteiger partial charge in [0.1, 0.15) is 11.4 Å². The minimum atomic E-state index is -0.411. The molecule has 38 heavy (non-hydrogen) atoms. The lowest BCUT2D eigenvalue weighted by molar-refractivity contribution is -0.0591. The molecular weight excluding hydrogens is 480 g/mol. The fraction of sp³-hybridized carbons (Fsp3) is 0.433. The summed E-state index contributed by atoms with van der Waals surface area (Å²) < 4.78 is 19.0. The van der Waals surface area contributed by atoms with E-state index in [4.69, 9.17) is 24.2 Å². The molecule has 1 aromatic carbocycles. The number of hydrogen-bond donors (Lipinski definition) is 0.